The van der Waals surface area contributed by atoms with Crippen LogP contribution in [0, 0.1) is 12.7 Å². The van der Waals surface area contributed by atoms with Crippen molar-refractivity contribution in [3.63, 3.8) is 0 Å². The lowest BCUT2D eigenvalue weighted by Crippen LogP contribution is -2.26. The van der Waals surface area contributed by atoms with Gasteiger partial charge in [0.1, 0.15) is 5.82 Å². The minimum atomic E-state index is -0.267. The van der Waals surface area contributed by atoms with Crippen molar-refractivity contribution in [1.82, 2.24) is 9.97 Å². The Labute approximate surface area is 188 Å². The number of aliphatic hydroxyl groups is 1. The van der Waals surface area contributed by atoms with Gasteiger partial charge in [0, 0.05) is 34.0 Å². The Hall–Kier alpha value is -3.11. The molecule has 0 unspecified atom stereocenters. The number of aromatic nitrogens is 2. The predicted octanol–water partition coefficient (Wildman–Crippen LogP) is 6.82. The van der Waals surface area contributed by atoms with Gasteiger partial charge < -0.3 is 5.11 Å². The zero-order chi connectivity index (χ0) is 22.1. The summed E-state index contributed by atoms with van der Waals surface area (Å²) in [6.07, 6.45) is 7.72. The van der Waals surface area contributed by atoms with Crippen LogP contribution < -0.4 is 0 Å². The number of halogens is 1. The molecular formula is C28H27FN2O. The third kappa shape index (κ3) is 4.28. The number of pyridine rings is 2. The molecule has 2 fully saturated rings. The third-order valence-electron chi connectivity index (χ3n) is 6.23. The van der Waals surface area contributed by atoms with Gasteiger partial charge in [-0.25, -0.2) is 9.37 Å². The van der Waals surface area contributed by atoms with Crippen LogP contribution in [0.15, 0.2) is 66.9 Å². The van der Waals surface area contributed by atoms with Crippen LogP contribution in [0.3, 0.4) is 0 Å². The normalized spacial score (nSPS) is 19.1. The van der Waals surface area contributed by atoms with Crippen molar-refractivity contribution in [2.75, 3.05) is 0 Å². The van der Waals surface area contributed by atoms with Crippen molar-refractivity contribution in [2.45, 2.75) is 51.0 Å². The molecule has 0 aliphatic heterocycles. The molecule has 6 rings (SSSR count). The van der Waals surface area contributed by atoms with E-state index in [2.05, 4.69) is 17.1 Å². The van der Waals surface area contributed by atoms with Gasteiger partial charge in [0.15, 0.2) is 0 Å². The zero-order valence-corrected chi connectivity index (χ0v) is 18.3. The molecule has 2 aromatic heterocycles. The largest absolute Gasteiger partial charge is 0.393 e. The SMILES string of the molecule is C1CC1.Cc1nccc2nc(-c3ccc(C4CC(O)C4)cc3)c(-c3ccccc3F)cc12. The van der Waals surface area contributed by atoms with Crippen LogP contribution in [0.25, 0.3) is 33.3 Å². The highest BCUT2D eigenvalue weighted by Crippen LogP contribution is 2.39. The van der Waals surface area contributed by atoms with Crippen LogP contribution in [0.1, 0.15) is 49.3 Å². The van der Waals surface area contributed by atoms with Crippen LogP contribution in [-0.2, 0) is 0 Å². The molecule has 0 amide bonds. The smallest absolute Gasteiger partial charge is 0.131 e. The molecule has 2 saturated carbocycles. The van der Waals surface area contributed by atoms with Crippen LogP contribution in [0.2, 0.25) is 0 Å². The highest BCUT2D eigenvalue weighted by molar-refractivity contribution is 5.92. The maximum atomic E-state index is 14.7. The number of nitrogens with zero attached hydrogens (tertiary/aromatic N) is 2. The van der Waals surface area contributed by atoms with Crippen LogP contribution in [0.4, 0.5) is 4.39 Å². The molecule has 0 bridgehead atoms. The Balaban J connectivity index is 0.000000666. The van der Waals surface area contributed by atoms with E-state index in [4.69, 9.17) is 4.98 Å². The van der Waals surface area contributed by atoms with Crippen molar-refractivity contribution in [3.8, 4) is 22.4 Å². The van der Waals surface area contributed by atoms with Crippen molar-refractivity contribution in [2.24, 2.45) is 0 Å². The number of aliphatic hydroxyl groups excluding tert-OH is 1. The lowest BCUT2D eigenvalue weighted by molar-refractivity contribution is 0.0746. The van der Waals surface area contributed by atoms with E-state index in [9.17, 15) is 9.50 Å². The first kappa shape index (κ1) is 20.8. The van der Waals surface area contributed by atoms with Gasteiger partial charge in [-0.3, -0.25) is 4.98 Å². The van der Waals surface area contributed by atoms with Gasteiger partial charge >= 0.3 is 0 Å². The first-order valence-electron chi connectivity index (χ1n) is 11.4. The number of hydrogen-bond acceptors (Lipinski definition) is 3. The quantitative estimate of drug-likeness (QED) is 0.391. The summed E-state index contributed by atoms with van der Waals surface area (Å²) in [5, 5.41) is 10.5. The minimum Gasteiger partial charge on any atom is -0.393 e. The maximum Gasteiger partial charge on any atom is 0.131 e. The fourth-order valence-corrected chi connectivity index (χ4v) is 4.11. The summed E-state index contributed by atoms with van der Waals surface area (Å²) in [6.45, 7) is 1.94. The van der Waals surface area contributed by atoms with E-state index in [1.807, 2.05) is 37.3 Å². The molecule has 2 heterocycles. The second kappa shape index (κ2) is 8.79. The predicted molar refractivity (Wildman–Crippen MR) is 127 cm³/mol. The Bertz CT molecular complexity index is 1240. The fourth-order valence-electron chi connectivity index (χ4n) is 4.11. The molecule has 1 N–H and O–H groups in total. The van der Waals surface area contributed by atoms with Crippen molar-refractivity contribution in [1.29, 1.82) is 0 Å². The summed E-state index contributed by atoms with van der Waals surface area (Å²) in [7, 11) is 0. The standard InChI is InChI=1S/C25H21FN2O.C3H6/c1-15-21-14-22(20-4-2-3-5-23(20)26)25(28-24(21)10-11-27-15)17-8-6-16(7-9-17)18-12-19(29)13-18;1-2-3-1/h2-11,14,18-19,29H,12-13H2,1H3;1-3H2. The second-order valence-electron chi connectivity index (χ2n) is 8.83. The molecule has 2 aliphatic rings. The summed E-state index contributed by atoms with van der Waals surface area (Å²) in [6, 6.07) is 19.0. The third-order valence-corrected chi connectivity index (χ3v) is 6.23. The van der Waals surface area contributed by atoms with E-state index in [0.717, 1.165) is 46.3 Å². The van der Waals surface area contributed by atoms with Crippen LogP contribution in [0.5, 0.6) is 0 Å². The molecule has 0 spiro atoms. The number of hydrogen-bond donors (Lipinski definition) is 1. The Kier molecular flexibility index (Phi) is 5.71. The van der Waals surface area contributed by atoms with Gasteiger partial charge in [-0.1, -0.05) is 61.7 Å². The van der Waals surface area contributed by atoms with Gasteiger partial charge in [0.05, 0.1) is 17.3 Å². The van der Waals surface area contributed by atoms with Crippen molar-refractivity contribution >= 4 is 10.9 Å². The Morgan fingerprint density at radius 2 is 1.62 bits per heavy atom. The fraction of sp³-hybridized carbons (Fsp3) is 0.286. The van der Waals surface area contributed by atoms with E-state index >= 15 is 0 Å². The van der Waals surface area contributed by atoms with Gasteiger partial charge in [-0.05, 0) is 49.4 Å². The molecule has 0 radical (unpaired) electrons. The number of benzene rings is 2. The Morgan fingerprint density at radius 1 is 0.906 bits per heavy atom. The van der Waals surface area contributed by atoms with E-state index in [-0.39, 0.29) is 11.9 Å². The van der Waals surface area contributed by atoms with E-state index in [1.54, 1.807) is 18.3 Å². The highest BCUT2D eigenvalue weighted by Gasteiger charge is 2.28. The summed E-state index contributed by atoms with van der Waals surface area (Å²) in [5.74, 6) is 0.153. The molecule has 3 nitrogen and oxygen atoms in total. The number of fused-ring (bicyclic) bond motifs is 1. The van der Waals surface area contributed by atoms with Crippen molar-refractivity contribution < 1.29 is 9.50 Å². The first-order valence-corrected chi connectivity index (χ1v) is 11.4. The summed E-state index contributed by atoms with van der Waals surface area (Å²) >= 11 is 0. The molecule has 0 atom stereocenters. The van der Waals surface area contributed by atoms with Crippen molar-refractivity contribution in [3.05, 3.63) is 83.9 Å². The molecule has 2 aromatic carbocycles. The molecule has 2 aliphatic carbocycles. The van der Waals surface area contributed by atoms with Gasteiger partial charge in [-0.2, -0.15) is 0 Å². The molecule has 0 saturated heterocycles. The summed E-state index contributed by atoms with van der Waals surface area (Å²) in [5.41, 5.74) is 5.95. The van der Waals surface area contributed by atoms with E-state index < -0.39 is 0 Å². The average molecular weight is 427 g/mol. The van der Waals surface area contributed by atoms with Crippen LogP contribution in [-0.4, -0.2) is 21.2 Å². The van der Waals surface area contributed by atoms with Gasteiger partial charge in [0.2, 0.25) is 0 Å². The summed E-state index contributed by atoms with van der Waals surface area (Å²) < 4.78 is 14.7. The average Bonchev–Trinajstić information content (AvgIpc) is 3.67. The number of rotatable bonds is 3. The summed E-state index contributed by atoms with van der Waals surface area (Å²) in [4.78, 5) is 9.26. The van der Waals surface area contributed by atoms with E-state index in [1.165, 1.54) is 30.9 Å². The molecule has 4 aromatic rings. The van der Waals surface area contributed by atoms with Gasteiger partial charge in [-0.15, -0.1) is 0 Å². The molecular weight excluding hydrogens is 399 g/mol. The first-order chi connectivity index (χ1) is 15.6. The Morgan fingerprint density at radius 3 is 2.28 bits per heavy atom. The topological polar surface area (TPSA) is 46.0 Å². The van der Waals surface area contributed by atoms with E-state index in [0.29, 0.717) is 11.5 Å². The minimum absolute atomic E-state index is 0.175. The number of aryl methyl sites for hydroxylation is 1. The zero-order valence-electron chi connectivity index (χ0n) is 18.3. The molecule has 32 heavy (non-hydrogen) atoms. The monoisotopic (exact) mass is 426 g/mol. The molecule has 4 heteroatoms. The maximum absolute atomic E-state index is 14.7. The highest BCUT2D eigenvalue weighted by atomic mass is 19.1. The lowest BCUT2D eigenvalue weighted by atomic mass is 9.77. The second-order valence-corrected chi connectivity index (χ2v) is 8.83. The van der Waals surface area contributed by atoms with Gasteiger partial charge in [0.25, 0.3) is 0 Å². The van der Waals surface area contributed by atoms with Crippen LogP contribution >= 0.6 is 0 Å². The lowest BCUT2D eigenvalue weighted by Gasteiger charge is -2.31. The molecule has 162 valence electrons.